The van der Waals surface area contributed by atoms with Gasteiger partial charge in [-0.05, 0) is 76.4 Å². The smallest absolute Gasteiger partial charge is 0.328 e. The van der Waals surface area contributed by atoms with Crippen LogP contribution in [0.2, 0.25) is 0 Å². The number of rotatable bonds is 11. The van der Waals surface area contributed by atoms with Crippen LogP contribution in [0.25, 0.3) is 0 Å². The number of nitrogens with zero attached hydrogens (tertiary/aromatic N) is 2. The van der Waals surface area contributed by atoms with Gasteiger partial charge in [-0.3, -0.25) is 0 Å². The number of likely N-dealkylation sites (N-methyl/N-ethyl adjacent to an activating group) is 1. The number of hydrogen-bond donors (Lipinski definition) is 4. The third kappa shape index (κ3) is 15.9. The van der Waals surface area contributed by atoms with E-state index in [0.717, 1.165) is 0 Å². The first-order chi connectivity index (χ1) is 17.3. The van der Waals surface area contributed by atoms with Gasteiger partial charge in [0.2, 0.25) is 0 Å². The molecule has 37 heavy (non-hydrogen) atoms. The van der Waals surface area contributed by atoms with Crippen molar-refractivity contribution in [2.45, 2.75) is 71.6 Å². The molecule has 2 fully saturated rings. The number of likely N-dealkylation sites (tertiary alicyclic amines) is 1. The van der Waals surface area contributed by atoms with E-state index >= 15 is 0 Å². The number of carboxylic acid groups (broad SMARTS) is 4. The van der Waals surface area contributed by atoms with Crippen LogP contribution in [0.15, 0.2) is 24.3 Å². The fourth-order valence-electron chi connectivity index (χ4n) is 5.25. The molecule has 1 saturated heterocycles. The van der Waals surface area contributed by atoms with E-state index in [4.69, 9.17) is 20.4 Å². The summed E-state index contributed by atoms with van der Waals surface area (Å²) in [6.45, 7) is 9.97. The summed E-state index contributed by atoms with van der Waals surface area (Å²) in [6, 6.07) is 0. The van der Waals surface area contributed by atoms with Crippen molar-refractivity contribution in [1.29, 1.82) is 0 Å². The Bertz CT molecular complexity index is 709. The molecular weight excluding hydrogens is 480 g/mol. The zero-order chi connectivity index (χ0) is 28.5. The van der Waals surface area contributed by atoms with Crippen molar-refractivity contribution < 1.29 is 39.6 Å². The summed E-state index contributed by atoms with van der Waals surface area (Å²) in [5, 5.41) is 31.2. The minimum absolute atomic E-state index is 0.558. The molecule has 10 nitrogen and oxygen atoms in total. The predicted molar refractivity (Wildman–Crippen MR) is 142 cm³/mol. The Kier molecular flexibility index (Phi) is 16.4. The summed E-state index contributed by atoms with van der Waals surface area (Å²) < 4.78 is 0. The maximum atomic E-state index is 9.55. The predicted octanol–water partition coefficient (Wildman–Crippen LogP) is 3.82. The van der Waals surface area contributed by atoms with E-state index in [9.17, 15) is 19.2 Å². The molecule has 0 aromatic rings. The van der Waals surface area contributed by atoms with Gasteiger partial charge in [0.25, 0.3) is 0 Å². The second kappa shape index (κ2) is 17.7. The second-order valence-electron chi connectivity index (χ2n) is 10.3. The lowest BCUT2D eigenvalue weighted by atomic mass is 9.60. The lowest BCUT2D eigenvalue weighted by molar-refractivity contribution is -0.134. The topological polar surface area (TPSA) is 156 Å². The largest absolute Gasteiger partial charge is 0.478 e. The van der Waals surface area contributed by atoms with Gasteiger partial charge in [-0.15, -0.1) is 0 Å². The minimum atomic E-state index is -1.26. The summed E-state index contributed by atoms with van der Waals surface area (Å²) in [4.78, 5) is 43.3. The van der Waals surface area contributed by atoms with Gasteiger partial charge in [0.15, 0.2) is 0 Å². The lowest BCUT2D eigenvalue weighted by Gasteiger charge is -2.45. The van der Waals surface area contributed by atoms with E-state index in [1.54, 1.807) is 0 Å². The number of carboxylic acids is 4. The Morgan fingerprint density at radius 1 is 0.730 bits per heavy atom. The van der Waals surface area contributed by atoms with Crippen molar-refractivity contribution >= 4 is 23.9 Å². The fourth-order valence-corrected chi connectivity index (χ4v) is 5.25. The van der Waals surface area contributed by atoms with Crippen LogP contribution in [-0.2, 0) is 19.2 Å². The molecule has 1 saturated carbocycles. The van der Waals surface area contributed by atoms with Crippen LogP contribution in [0.3, 0.4) is 0 Å². The van der Waals surface area contributed by atoms with E-state index in [0.29, 0.717) is 35.1 Å². The summed E-state index contributed by atoms with van der Waals surface area (Å²) in [5.41, 5.74) is 1.41. The molecule has 212 valence electrons. The third-order valence-corrected chi connectivity index (χ3v) is 7.05. The van der Waals surface area contributed by atoms with Crippen molar-refractivity contribution in [2.75, 3.05) is 40.3 Å². The highest BCUT2D eigenvalue weighted by Crippen LogP contribution is 2.53. The Balaban J connectivity index is 0.000000669. The molecule has 0 unspecified atom stereocenters. The van der Waals surface area contributed by atoms with Crippen LogP contribution in [0.1, 0.15) is 71.6 Å². The average molecular weight is 527 g/mol. The molecule has 10 heteroatoms. The van der Waals surface area contributed by atoms with Crippen molar-refractivity contribution in [3.05, 3.63) is 24.3 Å². The van der Waals surface area contributed by atoms with Crippen LogP contribution >= 0.6 is 0 Å². The van der Waals surface area contributed by atoms with Gasteiger partial charge in [-0.25, -0.2) is 19.2 Å². The first kappa shape index (κ1) is 34.3. The summed E-state index contributed by atoms with van der Waals surface area (Å²) in [6.07, 6.45) is 15.4. The van der Waals surface area contributed by atoms with E-state index < -0.39 is 23.9 Å². The summed E-state index contributed by atoms with van der Waals surface area (Å²) >= 11 is 0. The number of carbonyl (C=O) groups is 4. The van der Waals surface area contributed by atoms with Gasteiger partial charge < -0.3 is 30.2 Å². The average Bonchev–Trinajstić information content (AvgIpc) is 3.21. The normalized spacial score (nSPS) is 18.3. The highest BCUT2D eigenvalue weighted by Gasteiger charge is 2.44. The molecule has 2 rings (SSSR count). The standard InChI is InChI=1S/C19H38N2.2C4H4O4/c1-5-7-18(8-6-2)9-11-19(12-10-18)13-14-21(17-19)16-15-20(3)4;2*5-3(6)1-2-4(7)8/h5-17H2,1-4H3;2*1-2H,(H,5,6)(H,7,8)/b;2*2-1-. The van der Waals surface area contributed by atoms with Gasteiger partial charge in [-0.1, -0.05) is 26.7 Å². The molecule has 1 spiro atoms. The molecule has 0 atom stereocenters. The van der Waals surface area contributed by atoms with E-state index in [2.05, 4.69) is 37.7 Å². The zero-order valence-electron chi connectivity index (χ0n) is 22.8. The van der Waals surface area contributed by atoms with E-state index in [1.807, 2.05) is 0 Å². The van der Waals surface area contributed by atoms with Crippen molar-refractivity contribution in [3.8, 4) is 0 Å². The maximum absolute atomic E-state index is 9.55. The monoisotopic (exact) mass is 526 g/mol. The van der Waals surface area contributed by atoms with Gasteiger partial charge in [0, 0.05) is 43.9 Å². The highest BCUT2D eigenvalue weighted by atomic mass is 16.4. The van der Waals surface area contributed by atoms with Crippen LogP contribution in [0, 0.1) is 10.8 Å². The molecule has 0 aromatic heterocycles. The Hall–Kier alpha value is -2.72. The highest BCUT2D eigenvalue weighted by molar-refractivity contribution is 5.90. The van der Waals surface area contributed by atoms with Crippen LogP contribution in [0.5, 0.6) is 0 Å². The van der Waals surface area contributed by atoms with Crippen molar-refractivity contribution in [3.63, 3.8) is 0 Å². The van der Waals surface area contributed by atoms with Crippen LogP contribution in [-0.4, -0.2) is 94.4 Å². The van der Waals surface area contributed by atoms with Crippen molar-refractivity contribution in [2.24, 2.45) is 10.8 Å². The van der Waals surface area contributed by atoms with Gasteiger partial charge in [0.1, 0.15) is 0 Å². The van der Waals surface area contributed by atoms with Crippen LogP contribution < -0.4 is 0 Å². The van der Waals surface area contributed by atoms with E-state index in [1.165, 1.54) is 84.0 Å². The SMILES string of the molecule is CCCC1(CCC)CCC2(CCN(CCN(C)C)C2)CC1.O=C(O)/C=C\C(=O)O.O=C(O)/C=C\C(=O)O. The van der Waals surface area contributed by atoms with Crippen LogP contribution in [0.4, 0.5) is 0 Å². The zero-order valence-corrected chi connectivity index (χ0v) is 22.8. The molecular formula is C27H46N2O8. The minimum Gasteiger partial charge on any atom is -0.478 e. The molecule has 0 aromatic carbocycles. The molecule has 1 aliphatic heterocycles. The first-order valence-corrected chi connectivity index (χ1v) is 12.9. The lowest BCUT2D eigenvalue weighted by Crippen LogP contribution is -2.37. The maximum Gasteiger partial charge on any atom is 0.328 e. The molecule has 2 aliphatic rings. The molecule has 0 bridgehead atoms. The molecule has 1 heterocycles. The molecule has 0 radical (unpaired) electrons. The van der Waals surface area contributed by atoms with Gasteiger partial charge >= 0.3 is 23.9 Å². The quantitative estimate of drug-likeness (QED) is 0.292. The third-order valence-electron chi connectivity index (χ3n) is 7.05. The number of aliphatic carboxylic acids is 4. The second-order valence-corrected chi connectivity index (χ2v) is 10.3. The summed E-state index contributed by atoms with van der Waals surface area (Å²) in [5.74, 6) is -5.03. The Labute approximate surface area is 220 Å². The van der Waals surface area contributed by atoms with Gasteiger partial charge in [-0.2, -0.15) is 0 Å². The summed E-state index contributed by atoms with van der Waals surface area (Å²) in [7, 11) is 4.38. The Morgan fingerprint density at radius 2 is 1.14 bits per heavy atom. The number of hydrogen-bond acceptors (Lipinski definition) is 6. The van der Waals surface area contributed by atoms with Crippen molar-refractivity contribution in [1.82, 2.24) is 9.80 Å². The first-order valence-electron chi connectivity index (χ1n) is 12.9. The Morgan fingerprint density at radius 3 is 1.46 bits per heavy atom. The molecule has 0 amide bonds. The molecule has 4 N–H and O–H groups in total. The molecule has 1 aliphatic carbocycles. The van der Waals surface area contributed by atoms with Gasteiger partial charge in [0.05, 0.1) is 0 Å². The van der Waals surface area contributed by atoms with E-state index in [-0.39, 0.29) is 0 Å². The fraction of sp³-hybridized carbons (Fsp3) is 0.704.